The highest BCUT2D eigenvalue weighted by Crippen LogP contribution is 2.22. The van der Waals surface area contributed by atoms with Crippen LogP contribution in [0.15, 0.2) is 43.0 Å². The van der Waals surface area contributed by atoms with Gasteiger partial charge in [0.2, 0.25) is 5.91 Å². The lowest BCUT2D eigenvalue weighted by Crippen LogP contribution is -2.59. The summed E-state index contributed by atoms with van der Waals surface area (Å²) in [4.78, 5) is 42.7. The van der Waals surface area contributed by atoms with Gasteiger partial charge in [0.25, 0.3) is 0 Å². The van der Waals surface area contributed by atoms with Crippen molar-refractivity contribution in [3.8, 4) is 0 Å². The Morgan fingerprint density at radius 2 is 1.78 bits per heavy atom. The van der Waals surface area contributed by atoms with Gasteiger partial charge in [-0.05, 0) is 32.8 Å². The molecule has 1 heterocycles. The van der Waals surface area contributed by atoms with Crippen LogP contribution in [-0.2, 0) is 30.2 Å². The Kier molecular flexibility index (Phi) is 9.26. The summed E-state index contributed by atoms with van der Waals surface area (Å²) >= 11 is 0. The van der Waals surface area contributed by atoms with Gasteiger partial charge in [-0.15, -0.1) is 6.58 Å². The van der Waals surface area contributed by atoms with Crippen LogP contribution in [0.2, 0.25) is 0 Å². The number of carbonyl (C=O) groups is 3. The predicted molar refractivity (Wildman–Crippen MR) is 120 cm³/mol. The molecule has 176 valence electrons. The monoisotopic (exact) mass is 446 g/mol. The van der Waals surface area contributed by atoms with Gasteiger partial charge < -0.3 is 19.1 Å². The van der Waals surface area contributed by atoms with Gasteiger partial charge in [-0.25, -0.2) is 9.59 Å². The lowest BCUT2D eigenvalue weighted by molar-refractivity contribution is -0.151. The van der Waals surface area contributed by atoms with Crippen molar-refractivity contribution in [1.82, 2.24) is 9.80 Å². The van der Waals surface area contributed by atoms with E-state index in [-0.39, 0.29) is 18.7 Å². The van der Waals surface area contributed by atoms with E-state index in [0.717, 1.165) is 5.56 Å². The summed E-state index contributed by atoms with van der Waals surface area (Å²) in [6, 6.07) is 7.36. The SMILES string of the molecule is C=CC[C@@H](C(=O)OC)N(C(=O)OC(C)(C)C)[C@@H](Cc1ccccc1)C(=O)N1CCOCC1. The van der Waals surface area contributed by atoms with Crippen molar-refractivity contribution in [3.63, 3.8) is 0 Å². The third-order valence-electron chi connectivity index (χ3n) is 5.02. The molecule has 8 nitrogen and oxygen atoms in total. The van der Waals surface area contributed by atoms with Crippen molar-refractivity contribution in [3.05, 3.63) is 48.6 Å². The van der Waals surface area contributed by atoms with Gasteiger partial charge in [-0.1, -0.05) is 36.4 Å². The van der Waals surface area contributed by atoms with Crippen molar-refractivity contribution in [2.75, 3.05) is 33.4 Å². The van der Waals surface area contributed by atoms with Gasteiger partial charge in [0.05, 0.1) is 20.3 Å². The van der Waals surface area contributed by atoms with Gasteiger partial charge in [-0.3, -0.25) is 9.69 Å². The molecule has 0 aromatic heterocycles. The van der Waals surface area contributed by atoms with E-state index in [1.165, 1.54) is 18.1 Å². The molecule has 0 bridgehead atoms. The van der Waals surface area contributed by atoms with E-state index in [0.29, 0.717) is 26.3 Å². The van der Waals surface area contributed by atoms with Crippen molar-refractivity contribution in [1.29, 1.82) is 0 Å². The second-order valence-corrected chi connectivity index (χ2v) is 8.59. The molecule has 0 spiro atoms. The highest BCUT2D eigenvalue weighted by molar-refractivity contribution is 5.89. The highest BCUT2D eigenvalue weighted by Gasteiger charge is 2.42. The topological polar surface area (TPSA) is 85.4 Å². The Hall–Kier alpha value is -2.87. The van der Waals surface area contributed by atoms with Crippen LogP contribution in [0.5, 0.6) is 0 Å². The van der Waals surface area contributed by atoms with Crippen LogP contribution >= 0.6 is 0 Å². The number of benzene rings is 1. The van der Waals surface area contributed by atoms with Crippen LogP contribution in [0, 0.1) is 0 Å². The van der Waals surface area contributed by atoms with Gasteiger partial charge in [0, 0.05) is 19.5 Å². The standard InChI is InChI=1S/C24H34N2O6/c1-6-10-19(22(28)30-5)26(23(29)32-24(2,3)4)20(17-18-11-8-7-9-12-18)21(27)25-13-15-31-16-14-25/h6-9,11-12,19-20H,1,10,13-17H2,2-5H3/t19-,20-/m0/s1. The molecule has 1 aliphatic rings. The number of hydrogen-bond acceptors (Lipinski definition) is 6. The normalized spacial score (nSPS) is 15.9. The number of morpholine rings is 1. The number of esters is 1. The number of carbonyl (C=O) groups excluding carboxylic acids is 3. The Morgan fingerprint density at radius 1 is 1.16 bits per heavy atom. The molecule has 1 aromatic carbocycles. The van der Waals surface area contributed by atoms with E-state index >= 15 is 0 Å². The second-order valence-electron chi connectivity index (χ2n) is 8.59. The van der Waals surface area contributed by atoms with E-state index in [9.17, 15) is 14.4 Å². The molecule has 0 N–H and O–H groups in total. The van der Waals surface area contributed by atoms with E-state index in [1.807, 2.05) is 30.3 Å². The Labute approximate surface area is 190 Å². The van der Waals surface area contributed by atoms with Crippen LogP contribution in [0.25, 0.3) is 0 Å². The molecule has 32 heavy (non-hydrogen) atoms. The molecule has 0 aliphatic carbocycles. The maximum Gasteiger partial charge on any atom is 0.411 e. The minimum Gasteiger partial charge on any atom is -0.467 e. The van der Waals surface area contributed by atoms with Crippen LogP contribution in [-0.4, -0.2) is 78.9 Å². The highest BCUT2D eigenvalue weighted by atomic mass is 16.6. The molecule has 1 fully saturated rings. The smallest absolute Gasteiger partial charge is 0.411 e. The first-order valence-corrected chi connectivity index (χ1v) is 10.8. The van der Waals surface area contributed by atoms with Gasteiger partial charge in [-0.2, -0.15) is 0 Å². The van der Waals surface area contributed by atoms with Crippen molar-refractivity contribution < 1.29 is 28.6 Å². The summed E-state index contributed by atoms with van der Waals surface area (Å²) in [6.45, 7) is 10.6. The van der Waals surface area contributed by atoms with Gasteiger partial charge >= 0.3 is 12.1 Å². The number of ether oxygens (including phenoxy) is 3. The van der Waals surface area contributed by atoms with Gasteiger partial charge in [0.15, 0.2) is 0 Å². The van der Waals surface area contributed by atoms with Crippen molar-refractivity contribution >= 4 is 18.0 Å². The van der Waals surface area contributed by atoms with Crippen LogP contribution in [0.4, 0.5) is 4.79 Å². The zero-order valence-electron chi connectivity index (χ0n) is 19.4. The van der Waals surface area contributed by atoms with E-state index in [1.54, 1.807) is 25.7 Å². The number of amides is 2. The third kappa shape index (κ3) is 7.09. The lowest BCUT2D eigenvalue weighted by atomic mass is 10.00. The molecule has 2 atom stereocenters. The summed E-state index contributed by atoms with van der Waals surface area (Å²) in [5, 5.41) is 0. The molecule has 2 amide bonds. The maximum atomic E-state index is 13.7. The summed E-state index contributed by atoms with van der Waals surface area (Å²) in [5.41, 5.74) is 0.0404. The summed E-state index contributed by atoms with van der Waals surface area (Å²) in [6.07, 6.45) is 1.11. The zero-order valence-corrected chi connectivity index (χ0v) is 19.4. The summed E-state index contributed by atoms with van der Waals surface area (Å²) in [7, 11) is 1.25. The van der Waals surface area contributed by atoms with Crippen LogP contribution in [0.1, 0.15) is 32.8 Å². The fourth-order valence-electron chi connectivity index (χ4n) is 3.54. The van der Waals surface area contributed by atoms with Crippen LogP contribution in [0.3, 0.4) is 0 Å². The quantitative estimate of drug-likeness (QED) is 0.451. The number of nitrogens with zero attached hydrogens (tertiary/aromatic N) is 2. The third-order valence-corrected chi connectivity index (χ3v) is 5.02. The molecule has 0 radical (unpaired) electrons. The molecule has 1 aliphatic heterocycles. The molecular weight excluding hydrogens is 412 g/mol. The van der Waals surface area contributed by atoms with E-state index < -0.39 is 29.7 Å². The fraction of sp³-hybridized carbons (Fsp3) is 0.542. The first kappa shape index (κ1) is 25.4. The number of methoxy groups -OCH3 is 1. The summed E-state index contributed by atoms with van der Waals surface area (Å²) < 4.78 is 16.0. The van der Waals surface area contributed by atoms with Crippen LogP contribution < -0.4 is 0 Å². The van der Waals surface area contributed by atoms with E-state index in [4.69, 9.17) is 14.2 Å². The molecule has 1 aromatic rings. The average Bonchev–Trinajstić information content (AvgIpc) is 2.77. The predicted octanol–water partition coefficient (Wildman–Crippen LogP) is 2.81. The minimum absolute atomic E-state index is 0.119. The molecule has 0 unspecified atom stereocenters. The molecule has 1 saturated heterocycles. The van der Waals surface area contributed by atoms with E-state index in [2.05, 4.69) is 6.58 Å². The zero-order chi connectivity index (χ0) is 23.7. The Bertz CT molecular complexity index is 783. The first-order chi connectivity index (χ1) is 15.2. The first-order valence-electron chi connectivity index (χ1n) is 10.8. The molecule has 0 saturated carbocycles. The largest absolute Gasteiger partial charge is 0.467 e. The second kappa shape index (κ2) is 11.7. The maximum absolute atomic E-state index is 13.7. The van der Waals surface area contributed by atoms with Crippen molar-refractivity contribution in [2.45, 2.75) is 51.3 Å². The molecule has 8 heteroatoms. The average molecular weight is 447 g/mol. The minimum atomic E-state index is -1.05. The number of hydrogen-bond donors (Lipinski definition) is 0. The Balaban J connectivity index is 2.53. The molecular formula is C24H34N2O6. The number of rotatable bonds is 8. The Morgan fingerprint density at radius 3 is 2.31 bits per heavy atom. The summed E-state index contributed by atoms with van der Waals surface area (Å²) in [5.74, 6) is -0.899. The van der Waals surface area contributed by atoms with Crippen molar-refractivity contribution in [2.24, 2.45) is 0 Å². The fourth-order valence-corrected chi connectivity index (χ4v) is 3.54. The van der Waals surface area contributed by atoms with Gasteiger partial charge in [0.1, 0.15) is 17.7 Å². The molecule has 2 rings (SSSR count). The lowest BCUT2D eigenvalue weighted by Gasteiger charge is -2.39.